The Morgan fingerprint density at radius 2 is 1.41 bits per heavy atom. The Morgan fingerprint density at radius 1 is 0.727 bits per heavy atom. The van der Waals surface area contributed by atoms with Crippen molar-refractivity contribution in [1.82, 2.24) is 4.57 Å². The summed E-state index contributed by atoms with van der Waals surface area (Å²) >= 11 is 0. The zero-order chi connectivity index (χ0) is 15.1. The fraction of sp³-hybridized carbons (Fsp3) is 0.0500. The van der Waals surface area contributed by atoms with Crippen LogP contribution in [-0.2, 0) is 7.05 Å². The van der Waals surface area contributed by atoms with E-state index in [0.717, 1.165) is 16.6 Å². The number of hydrogen-bond donors (Lipinski definition) is 0. The maximum atomic E-state index is 12.6. The smallest absolute Gasteiger partial charge is 0.193 e. The summed E-state index contributed by atoms with van der Waals surface area (Å²) in [6.45, 7) is 0. The van der Waals surface area contributed by atoms with Gasteiger partial charge in [0.2, 0.25) is 0 Å². The summed E-state index contributed by atoms with van der Waals surface area (Å²) in [5.41, 5.74) is 3.72. The number of benzene rings is 3. The van der Waals surface area contributed by atoms with E-state index in [2.05, 4.69) is 16.7 Å². The molecule has 0 aliphatic heterocycles. The van der Waals surface area contributed by atoms with E-state index in [1.54, 1.807) is 0 Å². The summed E-state index contributed by atoms with van der Waals surface area (Å²) in [7, 11) is 2.04. The fourth-order valence-electron chi connectivity index (χ4n) is 3.06. The number of fused-ring (bicyclic) bond motifs is 3. The van der Waals surface area contributed by atoms with Crippen LogP contribution in [0.4, 0.5) is 0 Å². The number of carbonyl (C=O) groups excluding carboxylic acids is 1. The summed E-state index contributed by atoms with van der Waals surface area (Å²) in [5, 5.41) is 2.40. The first-order valence-electron chi connectivity index (χ1n) is 7.32. The van der Waals surface area contributed by atoms with Crippen molar-refractivity contribution in [3.8, 4) is 0 Å². The summed E-state index contributed by atoms with van der Waals surface area (Å²) in [5.74, 6) is 0.0627. The van der Waals surface area contributed by atoms with Crippen LogP contribution >= 0.6 is 0 Å². The van der Waals surface area contributed by atoms with E-state index in [1.807, 2.05) is 67.7 Å². The van der Waals surface area contributed by atoms with Gasteiger partial charge in [-0.2, -0.15) is 0 Å². The zero-order valence-corrected chi connectivity index (χ0v) is 12.3. The number of ketones is 1. The highest BCUT2D eigenvalue weighted by Crippen LogP contribution is 2.29. The number of rotatable bonds is 2. The summed E-state index contributed by atoms with van der Waals surface area (Å²) < 4.78 is 2.15. The fourth-order valence-corrected chi connectivity index (χ4v) is 3.06. The Labute approximate surface area is 128 Å². The largest absolute Gasteiger partial charge is 0.344 e. The normalized spacial score (nSPS) is 11.1. The van der Waals surface area contributed by atoms with Crippen LogP contribution < -0.4 is 0 Å². The van der Waals surface area contributed by atoms with E-state index >= 15 is 0 Å². The lowest BCUT2D eigenvalue weighted by Crippen LogP contribution is -2.01. The predicted octanol–water partition coefficient (Wildman–Crippen LogP) is 4.56. The first kappa shape index (κ1) is 12.8. The van der Waals surface area contributed by atoms with E-state index in [9.17, 15) is 4.79 Å². The van der Waals surface area contributed by atoms with E-state index in [1.165, 1.54) is 16.3 Å². The van der Waals surface area contributed by atoms with Crippen molar-refractivity contribution in [2.45, 2.75) is 0 Å². The van der Waals surface area contributed by atoms with Gasteiger partial charge in [-0.25, -0.2) is 0 Å². The van der Waals surface area contributed by atoms with Crippen molar-refractivity contribution in [2.75, 3.05) is 0 Å². The van der Waals surface area contributed by atoms with Gasteiger partial charge in [0.25, 0.3) is 0 Å². The third kappa shape index (κ3) is 1.85. The van der Waals surface area contributed by atoms with E-state index in [-0.39, 0.29) is 5.78 Å². The van der Waals surface area contributed by atoms with Crippen molar-refractivity contribution in [1.29, 1.82) is 0 Å². The van der Waals surface area contributed by atoms with Crippen molar-refractivity contribution in [3.05, 3.63) is 83.9 Å². The number of hydrogen-bond acceptors (Lipinski definition) is 1. The second-order valence-electron chi connectivity index (χ2n) is 5.50. The molecule has 0 N–H and O–H groups in total. The van der Waals surface area contributed by atoms with Gasteiger partial charge >= 0.3 is 0 Å². The molecule has 0 spiro atoms. The SMILES string of the molecule is Cn1c2ccccc2c2ccc(C(=O)c3ccccc3)cc21. The van der Waals surface area contributed by atoms with Crippen molar-refractivity contribution >= 4 is 27.6 Å². The lowest BCUT2D eigenvalue weighted by Gasteiger charge is -2.03. The maximum absolute atomic E-state index is 12.6. The van der Waals surface area contributed by atoms with Crippen LogP contribution in [0.25, 0.3) is 21.8 Å². The van der Waals surface area contributed by atoms with Crippen LogP contribution in [0.2, 0.25) is 0 Å². The van der Waals surface area contributed by atoms with E-state index < -0.39 is 0 Å². The van der Waals surface area contributed by atoms with Crippen molar-refractivity contribution < 1.29 is 4.79 Å². The highest BCUT2D eigenvalue weighted by atomic mass is 16.1. The van der Waals surface area contributed by atoms with Gasteiger partial charge in [-0.1, -0.05) is 60.7 Å². The molecule has 106 valence electrons. The molecule has 0 atom stereocenters. The Morgan fingerprint density at radius 3 is 2.23 bits per heavy atom. The first-order valence-corrected chi connectivity index (χ1v) is 7.32. The molecule has 0 aliphatic carbocycles. The molecule has 3 aromatic carbocycles. The van der Waals surface area contributed by atoms with Crippen LogP contribution in [0, 0.1) is 0 Å². The summed E-state index contributed by atoms with van der Waals surface area (Å²) in [4.78, 5) is 12.6. The molecule has 0 bridgehead atoms. The van der Waals surface area contributed by atoms with Crippen molar-refractivity contribution in [3.63, 3.8) is 0 Å². The standard InChI is InChI=1S/C20H15NO/c1-21-18-10-6-5-9-16(18)17-12-11-15(13-19(17)21)20(22)14-7-3-2-4-8-14/h2-13H,1H3. The average Bonchev–Trinajstić information content (AvgIpc) is 2.88. The minimum Gasteiger partial charge on any atom is -0.344 e. The second-order valence-corrected chi connectivity index (χ2v) is 5.50. The van der Waals surface area contributed by atoms with E-state index in [4.69, 9.17) is 0 Å². The average molecular weight is 285 g/mol. The molecule has 0 amide bonds. The van der Waals surface area contributed by atoms with Crippen LogP contribution in [-0.4, -0.2) is 10.4 Å². The number of aryl methyl sites for hydroxylation is 1. The Balaban J connectivity index is 1.93. The first-order chi connectivity index (χ1) is 10.8. The minimum atomic E-state index is 0.0627. The Hall–Kier alpha value is -2.87. The summed E-state index contributed by atoms with van der Waals surface area (Å²) in [6.07, 6.45) is 0. The Bertz CT molecular complexity index is 996. The molecule has 0 fully saturated rings. The topological polar surface area (TPSA) is 22.0 Å². The van der Waals surface area contributed by atoms with Gasteiger partial charge in [-0.3, -0.25) is 4.79 Å². The number of aromatic nitrogens is 1. The van der Waals surface area contributed by atoms with Gasteiger partial charge in [0.1, 0.15) is 0 Å². The predicted molar refractivity (Wildman–Crippen MR) is 90.3 cm³/mol. The van der Waals surface area contributed by atoms with Crippen molar-refractivity contribution in [2.24, 2.45) is 7.05 Å². The highest BCUT2D eigenvalue weighted by Gasteiger charge is 2.12. The van der Waals surface area contributed by atoms with Gasteiger partial charge in [0.05, 0.1) is 0 Å². The highest BCUT2D eigenvalue weighted by molar-refractivity contribution is 6.14. The molecule has 1 heterocycles. The molecular formula is C20H15NO. The molecule has 0 saturated heterocycles. The monoisotopic (exact) mass is 285 g/mol. The molecule has 0 radical (unpaired) electrons. The molecule has 1 aromatic heterocycles. The van der Waals surface area contributed by atoms with Gasteiger partial charge in [0, 0.05) is 40.0 Å². The molecule has 4 aromatic rings. The van der Waals surface area contributed by atoms with Gasteiger partial charge in [0.15, 0.2) is 5.78 Å². The Kier molecular flexibility index (Phi) is 2.83. The minimum absolute atomic E-state index is 0.0627. The molecule has 0 unspecified atom stereocenters. The van der Waals surface area contributed by atoms with Gasteiger partial charge < -0.3 is 4.57 Å². The van der Waals surface area contributed by atoms with Gasteiger partial charge in [-0.15, -0.1) is 0 Å². The molecule has 2 nitrogen and oxygen atoms in total. The van der Waals surface area contributed by atoms with Crippen LogP contribution in [0.15, 0.2) is 72.8 Å². The molecule has 0 aliphatic rings. The molecular weight excluding hydrogens is 270 g/mol. The molecule has 0 saturated carbocycles. The molecule has 2 heteroatoms. The maximum Gasteiger partial charge on any atom is 0.193 e. The second kappa shape index (κ2) is 4.85. The summed E-state index contributed by atoms with van der Waals surface area (Å²) in [6, 6.07) is 23.7. The van der Waals surface area contributed by atoms with Crippen LogP contribution in [0.1, 0.15) is 15.9 Å². The lowest BCUT2D eigenvalue weighted by molar-refractivity contribution is 0.103. The number of carbonyl (C=O) groups is 1. The third-order valence-corrected chi connectivity index (χ3v) is 4.21. The molecule has 22 heavy (non-hydrogen) atoms. The number of nitrogens with zero attached hydrogens (tertiary/aromatic N) is 1. The van der Waals surface area contributed by atoms with Gasteiger partial charge in [-0.05, 0) is 12.1 Å². The van der Waals surface area contributed by atoms with Crippen LogP contribution in [0.3, 0.4) is 0 Å². The van der Waals surface area contributed by atoms with Crippen LogP contribution in [0.5, 0.6) is 0 Å². The van der Waals surface area contributed by atoms with E-state index in [0.29, 0.717) is 0 Å². The quantitative estimate of drug-likeness (QED) is 0.495. The lowest BCUT2D eigenvalue weighted by atomic mass is 10.0. The number of para-hydroxylation sites is 1. The zero-order valence-electron chi connectivity index (χ0n) is 12.3. The third-order valence-electron chi connectivity index (χ3n) is 4.21. The molecule has 4 rings (SSSR count).